The Balaban J connectivity index is 3.24. The van der Waals surface area contributed by atoms with Crippen LogP contribution in [-0.2, 0) is 9.59 Å². The van der Waals surface area contributed by atoms with E-state index in [1.54, 1.807) is 7.05 Å². The predicted octanol–water partition coefficient (Wildman–Crippen LogP) is -1.20. The first-order chi connectivity index (χ1) is 5.16. The lowest BCUT2D eigenvalue weighted by atomic mass is 10.4. The van der Waals surface area contributed by atoms with Gasteiger partial charge in [0.2, 0.25) is 5.91 Å². The summed E-state index contributed by atoms with van der Waals surface area (Å²) >= 11 is 0. The van der Waals surface area contributed by atoms with Crippen molar-refractivity contribution in [1.82, 2.24) is 10.6 Å². The van der Waals surface area contributed by atoms with Gasteiger partial charge in [-0.05, 0) is 7.05 Å². The smallest absolute Gasteiger partial charge is 0.305 e. The van der Waals surface area contributed by atoms with Crippen LogP contribution in [0.3, 0.4) is 0 Å². The Bertz CT molecular complexity index is 147. The molecule has 0 radical (unpaired) electrons. The lowest BCUT2D eigenvalue weighted by Crippen LogP contribution is -2.33. The molecule has 3 N–H and O–H groups in total. The van der Waals surface area contributed by atoms with E-state index in [1.807, 2.05) is 0 Å². The summed E-state index contributed by atoms with van der Waals surface area (Å²) in [6.07, 6.45) is -0.0323. The lowest BCUT2D eigenvalue weighted by molar-refractivity contribution is -0.136. The molecule has 0 aromatic heterocycles. The molecule has 0 unspecified atom stereocenters. The van der Waals surface area contributed by atoms with Crippen molar-refractivity contribution in [2.24, 2.45) is 0 Å². The minimum atomic E-state index is -0.908. The molecule has 5 heteroatoms. The highest BCUT2D eigenvalue weighted by molar-refractivity contribution is 5.78. The van der Waals surface area contributed by atoms with Crippen LogP contribution in [-0.4, -0.2) is 37.1 Å². The normalized spacial score (nSPS) is 9.18. The van der Waals surface area contributed by atoms with Crippen molar-refractivity contribution >= 4 is 11.9 Å². The maximum atomic E-state index is 10.7. The number of hydrogen-bond donors (Lipinski definition) is 3. The highest BCUT2D eigenvalue weighted by Crippen LogP contribution is 1.74. The first-order valence-electron chi connectivity index (χ1n) is 3.30. The van der Waals surface area contributed by atoms with E-state index in [0.717, 1.165) is 0 Å². The fourth-order valence-electron chi connectivity index (χ4n) is 0.532. The Morgan fingerprint density at radius 2 is 2.09 bits per heavy atom. The topological polar surface area (TPSA) is 78.4 Å². The predicted molar refractivity (Wildman–Crippen MR) is 39.2 cm³/mol. The van der Waals surface area contributed by atoms with Gasteiger partial charge in [0.1, 0.15) is 0 Å². The van der Waals surface area contributed by atoms with Gasteiger partial charge in [0.05, 0.1) is 13.0 Å². The summed E-state index contributed by atoms with van der Waals surface area (Å²) in [7, 11) is 1.65. The van der Waals surface area contributed by atoms with Gasteiger partial charge in [0.25, 0.3) is 0 Å². The minimum absolute atomic E-state index is 0.0323. The van der Waals surface area contributed by atoms with Gasteiger partial charge < -0.3 is 15.7 Å². The summed E-state index contributed by atoms with van der Waals surface area (Å²) in [5.74, 6) is -1.09. The van der Waals surface area contributed by atoms with Crippen molar-refractivity contribution in [2.45, 2.75) is 6.42 Å². The molecule has 0 aliphatic carbocycles. The number of carboxylic acid groups (broad SMARTS) is 1. The summed E-state index contributed by atoms with van der Waals surface area (Å²) in [6, 6.07) is 0. The van der Waals surface area contributed by atoms with E-state index in [1.165, 1.54) is 0 Å². The maximum Gasteiger partial charge on any atom is 0.305 e. The molecule has 0 atom stereocenters. The van der Waals surface area contributed by atoms with Crippen molar-refractivity contribution in [2.75, 3.05) is 20.1 Å². The first-order valence-corrected chi connectivity index (χ1v) is 3.30. The summed E-state index contributed by atoms with van der Waals surface area (Å²) in [6.45, 7) is 0.412. The molecule has 0 saturated heterocycles. The van der Waals surface area contributed by atoms with E-state index in [4.69, 9.17) is 5.11 Å². The lowest BCUT2D eigenvalue weighted by Gasteiger charge is -2.00. The molecule has 64 valence electrons. The van der Waals surface area contributed by atoms with E-state index in [2.05, 4.69) is 10.6 Å². The largest absolute Gasteiger partial charge is 0.481 e. The van der Waals surface area contributed by atoms with Crippen LogP contribution in [0.25, 0.3) is 0 Å². The molecular formula is C6H12N2O3. The fourth-order valence-corrected chi connectivity index (χ4v) is 0.532. The van der Waals surface area contributed by atoms with Gasteiger partial charge in [-0.3, -0.25) is 9.59 Å². The second kappa shape index (κ2) is 5.67. The molecule has 0 aliphatic heterocycles. The molecule has 5 nitrogen and oxygen atoms in total. The number of amides is 1. The zero-order chi connectivity index (χ0) is 8.69. The summed E-state index contributed by atoms with van der Waals surface area (Å²) < 4.78 is 0. The van der Waals surface area contributed by atoms with Crippen LogP contribution in [0.1, 0.15) is 6.42 Å². The molecule has 0 fully saturated rings. The Morgan fingerprint density at radius 1 is 1.45 bits per heavy atom. The zero-order valence-electron chi connectivity index (χ0n) is 6.39. The average molecular weight is 160 g/mol. The van der Waals surface area contributed by atoms with Gasteiger partial charge in [0, 0.05) is 6.54 Å². The van der Waals surface area contributed by atoms with Gasteiger partial charge in [-0.1, -0.05) is 0 Å². The molecule has 1 amide bonds. The summed E-state index contributed by atoms with van der Waals surface area (Å²) in [5.41, 5.74) is 0. The Labute approximate surface area is 64.8 Å². The summed E-state index contributed by atoms with van der Waals surface area (Å²) in [5, 5.41) is 13.3. The van der Waals surface area contributed by atoms with Crippen LogP contribution in [0.4, 0.5) is 0 Å². The van der Waals surface area contributed by atoms with Crippen LogP contribution in [0.15, 0.2) is 0 Å². The SMILES string of the molecule is CNCC(=O)NCCC(=O)O. The number of carbonyl (C=O) groups is 2. The van der Waals surface area contributed by atoms with Crippen LogP contribution in [0.5, 0.6) is 0 Å². The number of carbonyl (C=O) groups excluding carboxylic acids is 1. The maximum absolute atomic E-state index is 10.7. The molecule has 0 heterocycles. The molecular weight excluding hydrogens is 148 g/mol. The molecule has 0 saturated carbocycles. The molecule has 0 bridgehead atoms. The van der Waals surface area contributed by atoms with Gasteiger partial charge in [-0.2, -0.15) is 0 Å². The number of likely N-dealkylation sites (N-methyl/N-ethyl adjacent to an activating group) is 1. The number of hydrogen-bond acceptors (Lipinski definition) is 3. The highest BCUT2D eigenvalue weighted by atomic mass is 16.4. The van der Waals surface area contributed by atoms with Gasteiger partial charge >= 0.3 is 5.97 Å². The minimum Gasteiger partial charge on any atom is -0.481 e. The number of nitrogens with one attached hydrogen (secondary N) is 2. The van der Waals surface area contributed by atoms with E-state index >= 15 is 0 Å². The van der Waals surface area contributed by atoms with Gasteiger partial charge in [-0.25, -0.2) is 0 Å². The molecule has 0 rings (SSSR count). The van der Waals surface area contributed by atoms with Crippen LogP contribution in [0.2, 0.25) is 0 Å². The number of aliphatic carboxylic acids is 1. The van der Waals surface area contributed by atoms with Crippen LogP contribution < -0.4 is 10.6 Å². The highest BCUT2D eigenvalue weighted by Gasteiger charge is 1.99. The van der Waals surface area contributed by atoms with E-state index in [9.17, 15) is 9.59 Å². The molecule has 0 aromatic carbocycles. The Morgan fingerprint density at radius 3 is 2.55 bits per heavy atom. The van der Waals surface area contributed by atoms with Crippen molar-refractivity contribution in [1.29, 1.82) is 0 Å². The second-order valence-corrected chi connectivity index (χ2v) is 2.02. The summed E-state index contributed by atoms with van der Waals surface area (Å²) in [4.78, 5) is 20.6. The quantitative estimate of drug-likeness (QED) is 0.472. The van der Waals surface area contributed by atoms with Crippen molar-refractivity contribution in [3.63, 3.8) is 0 Å². The van der Waals surface area contributed by atoms with Gasteiger partial charge in [-0.15, -0.1) is 0 Å². The average Bonchev–Trinajstić information content (AvgIpc) is 1.87. The van der Waals surface area contributed by atoms with E-state index < -0.39 is 5.97 Å². The van der Waals surface area contributed by atoms with E-state index in [-0.39, 0.29) is 25.4 Å². The second-order valence-electron chi connectivity index (χ2n) is 2.02. The fraction of sp³-hybridized carbons (Fsp3) is 0.667. The number of carboxylic acids is 1. The van der Waals surface area contributed by atoms with Crippen molar-refractivity contribution in [3.05, 3.63) is 0 Å². The zero-order valence-corrected chi connectivity index (χ0v) is 6.39. The number of rotatable bonds is 5. The Hall–Kier alpha value is -1.10. The van der Waals surface area contributed by atoms with E-state index in [0.29, 0.717) is 0 Å². The molecule has 0 spiro atoms. The third-order valence-electron chi connectivity index (χ3n) is 0.998. The van der Waals surface area contributed by atoms with Gasteiger partial charge in [0.15, 0.2) is 0 Å². The molecule has 0 aromatic rings. The van der Waals surface area contributed by atoms with Crippen LogP contribution in [0, 0.1) is 0 Å². The third-order valence-corrected chi connectivity index (χ3v) is 0.998. The molecule has 0 aliphatic rings. The van der Waals surface area contributed by atoms with Crippen molar-refractivity contribution < 1.29 is 14.7 Å². The standard InChI is InChI=1S/C6H12N2O3/c1-7-4-5(9)8-3-2-6(10)11/h7H,2-4H2,1H3,(H,8,9)(H,10,11). The molecule has 11 heavy (non-hydrogen) atoms. The monoisotopic (exact) mass is 160 g/mol. The third kappa shape index (κ3) is 6.79. The first kappa shape index (κ1) is 9.90. The van der Waals surface area contributed by atoms with Crippen LogP contribution >= 0.6 is 0 Å². The Kier molecular flexibility index (Phi) is 5.10. The van der Waals surface area contributed by atoms with Crippen molar-refractivity contribution in [3.8, 4) is 0 Å².